The van der Waals surface area contributed by atoms with Crippen LogP contribution >= 0.6 is 0 Å². The monoisotopic (exact) mass is 591 g/mol. The molecule has 2 fully saturated rings. The number of aryl methyl sites for hydroxylation is 1. The van der Waals surface area contributed by atoms with Gasteiger partial charge in [0.2, 0.25) is 5.88 Å². The maximum absolute atomic E-state index is 11.6. The Balaban J connectivity index is 0.999. The number of aromatic nitrogens is 5. The third-order valence-electron chi connectivity index (χ3n) is 8.78. The summed E-state index contributed by atoms with van der Waals surface area (Å²) in [4.78, 5) is 23.8. The molecule has 3 aromatic heterocycles. The van der Waals surface area contributed by atoms with Crippen LogP contribution in [0.5, 0.6) is 5.88 Å². The molecule has 2 saturated heterocycles. The maximum Gasteiger partial charge on any atom is 0.335 e. The second-order valence-electron chi connectivity index (χ2n) is 11.6. The highest BCUT2D eigenvalue weighted by atomic mass is 16.5. The quantitative estimate of drug-likeness (QED) is 0.261. The van der Waals surface area contributed by atoms with Crippen molar-refractivity contribution in [1.29, 1.82) is 5.26 Å². The van der Waals surface area contributed by atoms with Gasteiger partial charge in [0.25, 0.3) is 0 Å². The van der Waals surface area contributed by atoms with Gasteiger partial charge >= 0.3 is 5.97 Å². The number of likely N-dealkylation sites (tertiary alicyclic amines) is 1. The number of fused-ring (bicyclic) bond motifs is 2. The van der Waals surface area contributed by atoms with Crippen LogP contribution in [0.1, 0.15) is 58.3 Å². The van der Waals surface area contributed by atoms with E-state index in [0.29, 0.717) is 37.2 Å². The van der Waals surface area contributed by atoms with Gasteiger partial charge in [0.05, 0.1) is 41.3 Å². The molecule has 224 valence electrons. The molecule has 0 saturated carbocycles. The number of rotatable bonds is 9. The fraction of sp³-hybridized carbons (Fsp3) is 0.364. The fourth-order valence-electron chi connectivity index (χ4n) is 6.22. The molecule has 0 amide bonds. The Labute approximate surface area is 254 Å². The normalized spacial score (nSPS) is 17.5. The maximum atomic E-state index is 11.6. The average Bonchev–Trinajstić information content (AvgIpc) is 3.53. The average molecular weight is 592 g/mol. The Morgan fingerprint density at radius 2 is 1.93 bits per heavy atom. The van der Waals surface area contributed by atoms with Crippen molar-refractivity contribution in [1.82, 2.24) is 29.2 Å². The van der Waals surface area contributed by atoms with Gasteiger partial charge in [-0.15, -0.1) is 0 Å². The first-order valence-electron chi connectivity index (χ1n) is 15.0. The highest BCUT2D eigenvalue weighted by Gasteiger charge is 2.26. The van der Waals surface area contributed by atoms with Crippen molar-refractivity contribution in [3.8, 4) is 11.9 Å². The molecule has 0 bridgehead atoms. The summed E-state index contributed by atoms with van der Waals surface area (Å²) in [5.74, 6) is 0.941. The van der Waals surface area contributed by atoms with Crippen LogP contribution in [0.2, 0.25) is 0 Å². The number of nitrogens with zero attached hydrogens (tertiary/aromatic N) is 7. The van der Waals surface area contributed by atoms with Gasteiger partial charge in [0.15, 0.2) is 5.69 Å². The Kier molecular flexibility index (Phi) is 7.46. The number of carboxylic acids is 1. The highest BCUT2D eigenvalue weighted by molar-refractivity contribution is 5.92. The van der Waals surface area contributed by atoms with Crippen molar-refractivity contribution in [3.05, 3.63) is 82.9 Å². The SMILES string of the molecule is Cn1nc(C#N)c2ccc(COc3cccc(C4CCN(Cc5nc6ccc(C(=O)O)cc6n5C[C@@H]5CCO5)CC4)n3)cc21. The van der Waals surface area contributed by atoms with Crippen molar-refractivity contribution in [2.45, 2.75) is 51.0 Å². The summed E-state index contributed by atoms with van der Waals surface area (Å²) in [5, 5.41) is 23.9. The Morgan fingerprint density at radius 3 is 2.68 bits per heavy atom. The van der Waals surface area contributed by atoms with Crippen LogP contribution in [0, 0.1) is 11.3 Å². The highest BCUT2D eigenvalue weighted by Crippen LogP contribution is 2.30. The van der Waals surface area contributed by atoms with Crippen LogP contribution in [-0.4, -0.2) is 66.1 Å². The van der Waals surface area contributed by atoms with Crippen LogP contribution in [0.4, 0.5) is 0 Å². The zero-order chi connectivity index (χ0) is 30.2. The minimum atomic E-state index is -0.937. The number of nitriles is 1. The van der Waals surface area contributed by atoms with E-state index < -0.39 is 5.97 Å². The van der Waals surface area contributed by atoms with Gasteiger partial charge in [-0.25, -0.2) is 14.8 Å². The van der Waals surface area contributed by atoms with E-state index in [1.54, 1.807) is 22.9 Å². The minimum absolute atomic E-state index is 0.139. The predicted octanol–water partition coefficient (Wildman–Crippen LogP) is 4.64. The molecule has 11 heteroatoms. The van der Waals surface area contributed by atoms with E-state index in [-0.39, 0.29) is 11.7 Å². The van der Waals surface area contributed by atoms with Crippen LogP contribution in [0.15, 0.2) is 54.6 Å². The standard InChI is InChI=1S/C33H33N7O4/c1-38-29-15-21(5-7-25(29)28(17-34)37-38)20-44-32-4-2-3-26(36-32)22-9-12-39(13-10-22)19-31-35-27-8-6-23(33(41)42)16-30(27)40(31)18-24-11-14-43-24/h2-8,15-16,22,24H,9-14,18-20H2,1H3,(H,41,42)/t24-/m0/s1. The molecular formula is C33H33N7O4. The number of benzene rings is 2. The van der Waals surface area contributed by atoms with E-state index in [9.17, 15) is 15.2 Å². The lowest BCUT2D eigenvalue weighted by Crippen LogP contribution is -2.35. The molecule has 7 rings (SSSR count). The van der Waals surface area contributed by atoms with Crippen molar-refractivity contribution in [2.75, 3.05) is 19.7 Å². The molecule has 2 aromatic carbocycles. The van der Waals surface area contributed by atoms with E-state index in [1.165, 1.54) is 0 Å². The molecule has 5 aromatic rings. The Morgan fingerprint density at radius 1 is 1.09 bits per heavy atom. The molecule has 0 unspecified atom stereocenters. The topological polar surface area (TPSA) is 131 Å². The summed E-state index contributed by atoms with van der Waals surface area (Å²) in [6.45, 7) is 4.35. The van der Waals surface area contributed by atoms with Gasteiger partial charge in [-0.1, -0.05) is 12.1 Å². The summed E-state index contributed by atoms with van der Waals surface area (Å²) in [6.07, 6.45) is 3.09. The van der Waals surface area contributed by atoms with Crippen LogP contribution in [-0.2, 0) is 31.5 Å². The molecule has 2 aliphatic heterocycles. The molecular weight excluding hydrogens is 558 g/mol. The van der Waals surface area contributed by atoms with Gasteiger partial charge in [-0.05, 0) is 74.3 Å². The predicted molar refractivity (Wildman–Crippen MR) is 162 cm³/mol. The number of carbonyl (C=O) groups is 1. The lowest BCUT2D eigenvalue weighted by atomic mass is 9.93. The number of imidazole rings is 1. The van der Waals surface area contributed by atoms with Gasteiger partial charge in [0, 0.05) is 36.7 Å². The number of piperidine rings is 1. The molecule has 11 nitrogen and oxygen atoms in total. The third-order valence-corrected chi connectivity index (χ3v) is 8.78. The van der Waals surface area contributed by atoms with E-state index in [0.717, 1.165) is 78.0 Å². The molecule has 1 N–H and O–H groups in total. The van der Waals surface area contributed by atoms with E-state index in [2.05, 4.69) is 26.7 Å². The summed E-state index contributed by atoms with van der Waals surface area (Å²) >= 11 is 0. The first-order chi connectivity index (χ1) is 21.4. The van der Waals surface area contributed by atoms with Gasteiger partial charge in [0.1, 0.15) is 18.5 Å². The lowest BCUT2D eigenvalue weighted by Gasteiger charge is -2.32. The van der Waals surface area contributed by atoms with Crippen molar-refractivity contribution in [3.63, 3.8) is 0 Å². The van der Waals surface area contributed by atoms with Crippen molar-refractivity contribution in [2.24, 2.45) is 7.05 Å². The fourth-order valence-corrected chi connectivity index (χ4v) is 6.22. The van der Waals surface area contributed by atoms with E-state index in [1.807, 2.05) is 37.4 Å². The van der Waals surface area contributed by atoms with E-state index >= 15 is 0 Å². The summed E-state index contributed by atoms with van der Waals surface area (Å²) in [6, 6.07) is 19.1. The summed E-state index contributed by atoms with van der Waals surface area (Å²) < 4.78 is 15.7. The first-order valence-corrected chi connectivity index (χ1v) is 15.0. The smallest absolute Gasteiger partial charge is 0.335 e. The number of ether oxygens (including phenoxy) is 2. The second kappa shape index (κ2) is 11.7. The number of carboxylic acid groups (broad SMARTS) is 1. The van der Waals surface area contributed by atoms with Gasteiger partial charge in [-0.3, -0.25) is 9.58 Å². The van der Waals surface area contributed by atoms with Gasteiger partial charge < -0.3 is 19.1 Å². The van der Waals surface area contributed by atoms with Gasteiger partial charge in [-0.2, -0.15) is 10.4 Å². The Hall–Kier alpha value is -4.79. The largest absolute Gasteiger partial charge is 0.478 e. The van der Waals surface area contributed by atoms with Crippen molar-refractivity contribution >= 4 is 27.9 Å². The molecule has 44 heavy (non-hydrogen) atoms. The zero-order valence-corrected chi connectivity index (χ0v) is 24.5. The Bertz CT molecular complexity index is 1890. The number of pyridine rings is 1. The van der Waals surface area contributed by atoms with E-state index in [4.69, 9.17) is 19.4 Å². The third kappa shape index (κ3) is 5.50. The summed E-state index contributed by atoms with van der Waals surface area (Å²) in [5.41, 5.74) is 5.27. The van der Waals surface area contributed by atoms with Crippen LogP contribution < -0.4 is 4.74 Å². The number of hydrogen-bond donors (Lipinski definition) is 1. The van der Waals surface area contributed by atoms with Crippen LogP contribution in [0.3, 0.4) is 0 Å². The lowest BCUT2D eigenvalue weighted by molar-refractivity contribution is -0.0592. The van der Waals surface area contributed by atoms with Crippen molar-refractivity contribution < 1.29 is 19.4 Å². The molecule has 0 aliphatic carbocycles. The molecule has 0 spiro atoms. The summed E-state index contributed by atoms with van der Waals surface area (Å²) in [7, 11) is 1.83. The molecule has 0 radical (unpaired) electrons. The molecule has 2 aliphatic rings. The zero-order valence-electron chi connectivity index (χ0n) is 24.5. The minimum Gasteiger partial charge on any atom is -0.478 e. The number of aromatic carboxylic acids is 1. The second-order valence-corrected chi connectivity index (χ2v) is 11.6. The first kappa shape index (κ1) is 28.0. The number of hydrogen-bond acceptors (Lipinski definition) is 8. The molecule has 5 heterocycles. The molecule has 1 atom stereocenters. The van der Waals surface area contributed by atoms with Crippen LogP contribution in [0.25, 0.3) is 21.9 Å².